The maximum atomic E-state index is 12.2. The van der Waals surface area contributed by atoms with Crippen LogP contribution in [0.25, 0.3) is 0 Å². The minimum atomic E-state index is -1.39. The zero-order valence-corrected chi connectivity index (χ0v) is 14.2. The van der Waals surface area contributed by atoms with Crippen molar-refractivity contribution in [1.82, 2.24) is 0 Å². The van der Waals surface area contributed by atoms with Crippen molar-refractivity contribution in [3.05, 3.63) is 35.9 Å². The van der Waals surface area contributed by atoms with E-state index in [-0.39, 0.29) is 15.4 Å². The van der Waals surface area contributed by atoms with E-state index in [1.165, 1.54) is 0 Å². The first-order valence-electron chi connectivity index (χ1n) is 8.76. The van der Waals surface area contributed by atoms with Crippen molar-refractivity contribution in [2.24, 2.45) is 11.8 Å². The van der Waals surface area contributed by atoms with Crippen molar-refractivity contribution in [2.75, 3.05) is 19.8 Å². The predicted molar refractivity (Wildman–Crippen MR) is 93.1 cm³/mol. The number of hydrogen-bond donors (Lipinski definition) is 1. The van der Waals surface area contributed by atoms with Gasteiger partial charge in [-0.3, -0.25) is 4.79 Å². The van der Waals surface area contributed by atoms with E-state index < -0.39 is 23.5 Å². The third kappa shape index (κ3) is 4.45. The van der Waals surface area contributed by atoms with E-state index >= 15 is 0 Å². The Morgan fingerprint density at radius 1 is 1.20 bits per heavy atom. The molecule has 1 aromatic rings. The highest BCUT2D eigenvalue weighted by Gasteiger charge is 2.44. The number of carbonyl (C=O) groups is 2. The standard InChI is InChI=1S/C19H24O6.2H2/c20-17(18(21)22)16(13-23-12-14-4-2-1-3-5-14)15-6-8-19(9-7-15)24-10-11-25-19;;/h1-5,15-16H,6-13H2,(H,21,22);2*1H. The normalized spacial score (nSPS) is 21.3. The van der Waals surface area contributed by atoms with E-state index in [1.807, 2.05) is 30.3 Å². The van der Waals surface area contributed by atoms with Crippen LogP contribution in [-0.2, 0) is 30.4 Å². The van der Waals surface area contributed by atoms with Crippen LogP contribution >= 0.6 is 0 Å². The fraction of sp³-hybridized carbons (Fsp3) is 0.579. The maximum absolute atomic E-state index is 12.2. The van der Waals surface area contributed by atoms with Crippen LogP contribution in [-0.4, -0.2) is 42.5 Å². The van der Waals surface area contributed by atoms with Crippen molar-refractivity contribution in [3.8, 4) is 0 Å². The Morgan fingerprint density at radius 2 is 1.84 bits per heavy atom. The molecule has 3 rings (SSSR count). The van der Waals surface area contributed by atoms with E-state index in [1.54, 1.807) is 0 Å². The Kier molecular flexibility index (Phi) is 5.83. The molecule has 0 radical (unpaired) electrons. The van der Waals surface area contributed by atoms with Gasteiger partial charge in [-0.15, -0.1) is 0 Å². The van der Waals surface area contributed by atoms with Crippen molar-refractivity contribution in [1.29, 1.82) is 0 Å². The van der Waals surface area contributed by atoms with Crippen LogP contribution in [0.1, 0.15) is 34.1 Å². The monoisotopic (exact) mass is 352 g/mol. The zero-order chi connectivity index (χ0) is 17.7. The maximum Gasteiger partial charge on any atom is 0.372 e. The van der Waals surface area contributed by atoms with E-state index in [0.717, 1.165) is 5.56 Å². The second kappa shape index (κ2) is 8.08. The molecular formula is C19H28O6. The summed E-state index contributed by atoms with van der Waals surface area (Å²) in [6, 6.07) is 9.63. The van der Waals surface area contributed by atoms with Gasteiger partial charge in [0.2, 0.25) is 5.78 Å². The van der Waals surface area contributed by atoms with Gasteiger partial charge < -0.3 is 19.3 Å². The van der Waals surface area contributed by atoms with Crippen LogP contribution in [0, 0.1) is 11.8 Å². The lowest BCUT2D eigenvalue weighted by Crippen LogP contribution is -2.41. The second-order valence-electron chi connectivity index (χ2n) is 6.72. The number of aliphatic carboxylic acids is 1. The lowest BCUT2D eigenvalue weighted by atomic mass is 9.76. The van der Waals surface area contributed by atoms with Crippen LogP contribution in [0.2, 0.25) is 0 Å². The van der Waals surface area contributed by atoms with E-state index in [2.05, 4.69) is 0 Å². The van der Waals surface area contributed by atoms with Gasteiger partial charge in [-0.05, 0) is 24.3 Å². The van der Waals surface area contributed by atoms with Crippen molar-refractivity contribution < 1.29 is 31.8 Å². The Balaban J connectivity index is 0.00000182. The molecule has 1 saturated heterocycles. The topological polar surface area (TPSA) is 82.1 Å². The summed E-state index contributed by atoms with van der Waals surface area (Å²) in [5.41, 5.74) is 0.999. The van der Waals surface area contributed by atoms with Gasteiger partial charge in [0.15, 0.2) is 5.79 Å². The number of carboxylic acid groups (broad SMARTS) is 1. The molecule has 1 atom stereocenters. The van der Waals surface area contributed by atoms with Gasteiger partial charge in [-0.25, -0.2) is 4.79 Å². The lowest BCUT2D eigenvalue weighted by Gasteiger charge is -2.37. The minimum Gasteiger partial charge on any atom is -0.475 e. The van der Waals surface area contributed by atoms with E-state index in [4.69, 9.17) is 19.3 Å². The molecule has 1 heterocycles. The van der Waals surface area contributed by atoms with Crippen LogP contribution in [0.15, 0.2) is 30.3 Å². The Hall–Kier alpha value is -1.76. The summed E-state index contributed by atoms with van der Waals surface area (Å²) >= 11 is 0. The largest absolute Gasteiger partial charge is 0.475 e. The summed E-state index contributed by atoms with van der Waals surface area (Å²) in [5, 5.41) is 9.15. The zero-order valence-electron chi connectivity index (χ0n) is 14.2. The number of benzene rings is 1. The van der Waals surface area contributed by atoms with Crippen LogP contribution in [0.5, 0.6) is 0 Å². The smallest absolute Gasteiger partial charge is 0.372 e. The molecule has 0 aromatic heterocycles. The third-order valence-corrected chi connectivity index (χ3v) is 5.13. The Labute approximate surface area is 150 Å². The molecule has 25 heavy (non-hydrogen) atoms. The van der Waals surface area contributed by atoms with Gasteiger partial charge in [0.25, 0.3) is 0 Å². The molecule has 6 heteroatoms. The van der Waals surface area contributed by atoms with Gasteiger partial charge in [0.05, 0.1) is 32.3 Å². The summed E-state index contributed by atoms with van der Waals surface area (Å²) in [5.74, 6) is -3.31. The summed E-state index contributed by atoms with van der Waals surface area (Å²) < 4.78 is 17.1. The molecule has 1 aliphatic heterocycles. The molecule has 2 fully saturated rings. The Bertz CT molecular complexity index is 593. The number of carboxylic acids is 1. The second-order valence-corrected chi connectivity index (χ2v) is 6.72. The van der Waals surface area contributed by atoms with Crippen molar-refractivity contribution in [2.45, 2.75) is 38.1 Å². The number of ether oxygens (including phenoxy) is 3. The molecule has 1 N–H and O–H groups in total. The molecule has 1 saturated carbocycles. The van der Waals surface area contributed by atoms with E-state index in [0.29, 0.717) is 45.5 Å². The predicted octanol–water partition coefficient (Wildman–Crippen LogP) is 2.90. The molecule has 1 aliphatic carbocycles. The average molecular weight is 352 g/mol. The summed E-state index contributed by atoms with van der Waals surface area (Å²) in [7, 11) is 0. The highest BCUT2D eigenvalue weighted by molar-refractivity contribution is 6.33. The highest BCUT2D eigenvalue weighted by Crippen LogP contribution is 2.41. The summed E-state index contributed by atoms with van der Waals surface area (Å²) in [6.45, 7) is 1.69. The fourth-order valence-corrected chi connectivity index (χ4v) is 3.73. The van der Waals surface area contributed by atoms with Gasteiger partial charge in [-0.1, -0.05) is 30.3 Å². The number of hydrogen-bond acceptors (Lipinski definition) is 5. The fourth-order valence-electron chi connectivity index (χ4n) is 3.73. The van der Waals surface area contributed by atoms with E-state index in [9.17, 15) is 9.59 Å². The third-order valence-electron chi connectivity index (χ3n) is 5.13. The summed E-state index contributed by atoms with van der Waals surface area (Å²) in [4.78, 5) is 23.4. The molecule has 1 unspecified atom stereocenters. The SMILES string of the molecule is O=C(O)C(=O)C(COCc1ccccc1)C1CCC2(CC1)OCCO2.[HH].[HH]. The first-order chi connectivity index (χ1) is 12.1. The number of ketones is 1. The number of rotatable bonds is 7. The highest BCUT2D eigenvalue weighted by atomic mass is 16.7. The molecule has 1 spiro atoms. The molecular weight excluding hydrogens is 324 g/mol. The quantitative estimate of drug-likeness (QED) is 0.760. The molecule has 140 valence electrons. The average Bonchev–Trinajstić information content (AvgIpc) is 3.08. The first-order valence-corrected chi connectivity index (χ1v) is 8.76. The molecule has 6 nitrogen and oxygen atoms in total. The minimum absolute atomic E-state index is 0. The molecule has 1 aromatic carbocycles. The van der Waals surface area contributed by atoms with Gasteiger partial charge in [-0.2, -0.15) is 0 Å². The van der Waals surface area contributed by atoms with Gasteiger partial charge in [0.1, 0.15) is 0 Å². The first kappa shape index (κ1) is 18.0. The van der Waals surface area contributed by atoms with Crippen molar-refractivity contribution >= 4 is 11.8 Å². The van der Waals surface area contributed by atoms with Crippen LogP contribution in [0.4, 0.5) is 0 Å². The number of Topliss-reactive ketones (excluding diaryl/α,β-unsaturated/α-hetero) is 1. The number of carbonyl (C=O) groups excluding carboxylic acids is 1. The molecule has 0 bridgehead atoms. The van der Waals surface area contributed by atoms with Gasteiger partial charge >= 0.3 is 5.97 Å². The summed E-state index contributed by atoms with van der Waals surface area (Å²) in [6.07, 6.45) is 2.80. The lowest BCUT2D eigenvalue weighted by molar-refractivity contribution is -0.186. The van der Waals surface area contributed by atoms with Gasteiger partial charge in [0, 0.05) is 15.7 Å². The van der Waals surface area contributed by atoms with Crippen molar-refractivity contribution in [3.63, 3.8) is 0 Å². The van der Waals surface area contributed by atoms with Crippen LogP contribution < -0.4 is 0 Å². The molecule has 2 aliphatic rings. The van der Waals surface area contributed by atoms with Crippen LogP contribution in [0.3, 0.4) is 0 Å². The Morgan fingerprint density at radius 3 is 2.44 bits per heavy atom. The molecule has 0 amide bonds.